The van der Waals surface area contributed by atoms with Crippen molar-refractivity contribution < 1.29 is 19.4 Å². The number of aryl methyl sites for hydroxylation is 1. The molecule has 31 heavy (non-hydrogen) atoms. The van der Waals surface area contributed by atoms with Gasteiger partial charge in [0.2, 0.25) is 0 Å². The lowest BCUT2D eigenvalue weighted by Gasteiger charge is -2.16. The van der Waals surface area contributed by atoms with E-state index in [4.69, 9.17) is 14.6 Å². The molecular formula is C23H21N3O4S. The third-order valence-corrected chi connectivity index (χ3v) is 5.58. The molecule has 4 rings (SSSR count). The summed E-state index contributed by atoms with van der Waals surface area (Å²) in [7, 11) is 3.11. The van der Waals surface area contributed by atoms with Crippen LogP contribution in [0, 0.1) is 6.92 Å². The quantitative estimate of drug-likeness (QED) is 0.406. The van der Waals surface area contributed by atoms with Gasteiger partial charge in [0.25, 0.3) is 0 Å². The molecule has 8 heteroatoms. The number of carbonyl (C=O) groups is 1. The highest BCUT2D eigenvalue weighted by molar-refractivity contribution is 7.08. The van der Waals surface area contributed by atoms with Crippen LogP contribution in [0.3, 0.4) is 0 Å². The van der Waals surface area contributed by atoms with Crippen LogP contribution in [-0.4, -0.2) is 35.1 Å². The third kappa shape index (κ3) is 3.85. The predicted molar refractivity (Wildman–Crippen MR) is 121 cm³/mol. The summed E-state index contributed by atoms with van der Waals surface area (Å²) in [4.78, 5) is 11.9. The zero-order valence-electron chi connectivity index (χ0n) is 17.2. The first-order chi connectivity index (χ1) is 15.0. The van der Waals surface area contributed by atoms with Crippen molar-refractivity contribution in [2.45, 2.75) is 6.92 Å². The van der Waals surface area contributed by atoms with Crippen molar-refractivity contribution in [3.05, 3.63) is 70.5 Å². The zero-order chi connectivity index (χ0) is 22.0. The number of hydrogen-bond acceptors (Lipinski definition) is 6. The normalized spacial score (nSPS) is 10.7. The first-order valence-corrected chi connectivity index (χ1v) is 10.4. The summed E-state index contributed by atoms with van der Waals surface area (Å²) >= 11 is 1.58. The van der Waals surface area contributed by atoms with Crippen LogP contribution in [0.5, 0.6) is 11.5 Å². The number of nitrogens with one attached hydrogen (secondary N) is 1. The Hall–Kier alpha value is -3.78. The van der Waals surface area contributed by atoms with E-state index in [0.717, 1.165) is 22.5 Å². The Morgan fingerprint density at radius 2 is 1.94 bits per heavy atom. The number of aromatic carboxylic acids is 1. The molecule has 0 unspecified atom stereocenters. The molecule has 0 saturated carbocycles. The van der Waals surface area contributed by atoms with Crippen LogP contribution < -0.4 is 14.8 Å². The molecule has 0 saturated heterocycles. The van der Waals surface area contributed by atoms with E-state index in [0.29, 0.717) is 23.0 Å². The van der Waals surface area contributed by atoms with Gasteiger partial charge in [-0.05, 0) is 59.6 Å². The van der Waals surface area contributed by atoms with E-state index in [9.17, 15) is 9.90 Å². The molecule has 158 valence electrons. The molecule has 0 spiro atoms. The average Bonchev–Trinajstić information content (AvgIpc) is 3.41. The maximum absolute atomic E-state index is 11.9. The van der Waals surface area contributed by atoms with Crippen LogP contribution in [0.2, 0.25) is 0 Å². The van der Waals surface area contributed by atoms with E-state index < -0.39 is 5.97 Å². The van der Waals surface area contributed by atoms with E-state index in [2.05, 4.69) is 5.32 Å². The van der Waals surface area contributed by atoms with Crippen LogP contribution in [0.15, 0.2) is 59.3 Å². The minimum absolute atomic E-state index is 0.0982. The molecule has 2 N–H and O–H groups in total. The average molecular weight is 436 g/mol. The first-order valence-electron chi connectivity index (χ1n) is 9.47. The van der Waals surface area contributed by atoms with E-state index in [1.54, 1.807) is 35.3 Å². The summed E-state index contributed by atoms with van der Waals surface area (Å²) in [6.45, 7) is 1.93. The summed E-state index contributed by atoms with van der Waals surface area (Å²) in [6, 6.07) is 14.5. The second-order valence-electron chi connectivity index (χ2n) is 6.75. The molecule has 0 fully saturated rings. The molecule has 0 radical (unpaired) electrons. The SMILES string of the molecule is COc1ccc(Nc2c(-c3ccsc3)c(C)nn2-c2ccccc2OC)c(C(=O)O)c1. The lowest BCUT2D eigenvalue weighted by atomic mass is 10.1. The molecule has 4 aromatic rings. The molecule has 0 atom stereocenters. The van der Waals surface area contributed by atoms with Gasteiger partial charge in [0.1, 0.15) is 23.0 Å². The Labute approximate surface area is 183 Å². The molecule has 0 aliphatic heterocycles. The third-order valence-electron chi connectivity index (χ3n) is 4.89. The Bertz CT molecular complexity index is 1230. The number of carboxylic acid groups (broad SMARTS) is 1. The van der Waals surface area contributed by atoms with Crippen LogP contribution >= 0.6 is 11.3 Å². The van der Waals surface area contributed by atoms with E-state index in [-0.39, 0.29) is 5.56 Å². The number of methoxy groups -OCH3 is 2. The van der Waals surface area contributed by atoms with Crippen LogP contribution in [0.4, 0.5) is 11.5 Å². The Morgan fingerprint density at radius 3 is 2.61 bits per heavy atom. The maximum Gasteiger partial charge on any atom is 0.337 e. The highest BCUT2D eigenvalue weighted by Gasteiger charge is 2.22. The number of thiophene rings is 1. The van der Waals surface area contributed by atoms with E-state index in [1.807, 2.05) is 48.0 Å². The number of rotatable bonds is 7. The molecule has 0 bridgehead atoms. The summed E-state index contributed by atoms with van der Waals surface area (Å²) in [5.74, 6) is 0.708. The number of benzene rings is 2. The molecule has 2 aromatic heterocycles. The first kappa shape index (κ1) is 20.5. The molecule has 2 aromatic carbocycles. The smallest absolute Gasteiger partial charge is 0.337 e. The van der Waals surface area contributed by atoms with Gasteiger partial charge < -0.3 is 19.9 Å². The minimum Gasteiger partial charge on any atom is -0.497 e. The predicted octanol–water partition coefficient (Wildman–Crippen LogP) is 5.37. The lowest BCUT2D eigenvalue weighted by molar-refractivity contribution is 0.0697. The van der Waals surface area contributed by atoms with Gasteiger partial charge in [-0.25, -0.2) is 9.48 Å². The van der Waals surface area contributed by atoms with Crippen molar-refractivity contribution in [1.82, 2.24) is 9.78 Å². The summed E-state index contributed by atoms with van der Waals surface area (Å²) in [6.07, 6.45) is 0. The van der Waals surface area contributed by atoms with Crippen molar-refractivity contribution in [2.75, 3.05) is 19.5 Å². The van der Waals surface area contributed by atoms with Crippen LogP contribution in [-0.2, 0) is 0 Å². The highest BCUT2D eigenvalue weighted by atomic mass is 32.1. The van der Waals surface area contributed by atoms with Gasteiger partial charge in [0, 0.05) is 5.56 Å². The van der Waals surface area contributed by atoms with Crippen LogP contribution in [0.25, 0.3) is 16.8 Å². The van der Waals surface area contributed by atoms with Crippen molar-refractivity contribution >= 4 is 28.8 Å². The summed E-state index contributed by atoms with van der Waals surface area (Å²) in [5, 5.41) is 21.9. The molecule has 2 heterocycles. The molecule has 0 amide bonds. The van der Waals surface area contributed by atoms with Gasteiger partial charge >= 0.3 is 5.97 Å². The Balaban J connectivity index is 1.94. The van der Waals surface area contributed by atoms with Gasteiger partial charge in [0.15, 0.2) is 0 Å². The van der Waals surface area contributed by atoms with E-state index >= 15 is 0 Å². The largest absolute Gasteiger partial charge is 0.497 e. The lowest BCUT2D eigenvalue weighted by Crippen LogP contribution is -2.08. The van der Waals surface area contributed by atoms with Crippen molar-refractivity contribution in [3.63, 3.8) is 0 Å². The Morgan fingerprint density at radius 1 is 1.13 bits per heavy atom. The Kier molecular flexibility index (Phi) is 5.64. The molecule has 0 aliphatic rings. The monoisotopic (exact) mass is 435 g/mol. The second-order valence-corrected chi connectivity index (χ2v) is 7.53. The van der Waals surface area contributed by atoms with Gasteiger partial charge in [-0.1, -0.05) is 12.1 Å². The zero-order valence-corrected chi connectivity index (χ0v) is 18.1. The molecule has 7 nitrogen and oxygen atoms in total. The summed E-state index contributed by atoms with van der Waals surface area (Å²) in [5.41, 5.74) is 3.96. The number of para-hydroxylation sites is 2. The standard InChI is InChI=1S/C23H21N3O4S/c1-14-21(15-10-11-31-13-15)22(26(25-14)19-6-4-5-7-20(19)30-3)24-18-9-8-16(29-2)12-17(18)23(27)28/h4-13,24H,1-3H3,(H,27,28). The van der Waals surface area contributed by atoms with Gasteiger partial charge in [-0.3, -0.25) is 0 Å². The van der Waals surface area contributed by atoms with Gasteiger partial charge in [-0.15, -0.1) is 0 Å². The summed E-state index contributed by atoms with van der Waals surface area (Å²) < 4.78 is 12.5. The van der Waals surface area contributed by atoms with Crippen LogP contribution in [0.1, 0.15) is 16.1 Å². The van der Waals surface area contributed by atoms with Crippen molar-refractivity contribution in [3.8, 4) is 28.3 Å². The number of carboxylic acids is 1. The fourth-order valence-corrected chi connectivity index (χ4v) is 4.08. The minimum atomic E-state index is -1.06. The number of aromatic nitrogens is 2. The highest BCUT2D eigenvalue weighted by Crippen LogP contribution is 2.39. The van der Waals surface area contributed by atoms with Crippen molar-refractivity contribution in [2.24, 2.45) is 0 Å². The molecular weight excluding hydrogens is 414 g/mol. The number of nitrogens with zero attached hydrogens (tertiary/aromatic N) is 2. The number of anilines is 2. The fraction of sp³-hybridized carbons (Fsp3) is 0.130. The fourth-order valence-electron chi connectivity index (χ4n) is 3.44. The molecule has 0 aliphatic carbocycles. The maximum atomic E-state index is 11.9. The van der Waals surface area contributed by atoms with E-state index in [1.165, 1.54) is 13.2 Å². The second kappa shape index (κ2) is 8.53. The topological polar surface area (TPSA) is 85.6 Å². The van der Waals surface area contributed by atoms with Gasteiger partial charge in [0.05, 0.1) is 31.2 Å². The number of ether oxygens (including phenoxy) is 2. The number of hydrogen-bond donors (Lipinski definition) is 2. The van der Waals surface area contributed by atoms with Crippen molar-refractivity contribution in [1.29, 1.82) is 0 Å². The van der Waals surface area contributed by atoms with Gasteiger partial charge in [-0.2, -0.15) is 16.4 Å².